The summed E-state index contributed by atoms with van der Waals surface area (Å²) in [5.74, 6) is 2.04. The van der Waals surface area contributed by atoms with Gasteiger partial charge in [-0.1, -0.05) is 6.07 Å². The lowest BCUT2D eigenvalue weighted by Crippen LogP contribution is -2.39. The number of rotatable bonds is 7. The Morgan fingerprint density at radius 3 is 2.73 bits per heavy atom. The Bertz CT molecular complexity index is 702. The van der Waals surface area contributed by atoms with Crippen molar-refractivity contribution < 1.29 is 9.53 Å². The fraction of sp³-hybridized carbons (Fsp3) is 0.474. The zero-order valence-electron chi connectivity index (χ0n) is 15.1. The van der Waals surface area contributed by atoms with Gasteiger partial charge < -0.3 is 15.0 Å². The standard InChI is InChI=1S/C19H25N5O2/c1-26-13-8-18(25)24-11-6-15(7-12-24)14-16-4-2-5-17(22-16)23-19-20-9-3-10-21-19/h2-5,9-10,15H,6-8,11-14H2,1H3,(H,20,21,22,23). The fourth-order valence-electron chi connectivity index (χ4n) is 3.17. The van der Waals surface area contributed by atoms with E-state index in [-0.39, 0.29) is 5.91 Å². The van der Waals surface area contributed by atoms with Crippen LogP contribution < -0.4 is 5.32 Å². The van der Waals surface area contributed by atoms with Gasteiger partial charge in [0, 0.05) is 38.3 Å². The third-order valence-corrected chi connectivity index (χ3v) is 4.60. The number of pyridine rings is 1. The first kappa shape index (κ1) is 18.3. The van der Waals surface area contributed by atoms with Gasteiger partial charge in [0.15, 0.2) is 0 Å². The molecule has 3 heterocycles. The number of likely N-dealkylation sites (tertiary alicyclic amines) is 1. The van der Waals surface area contributed by atoms with Crippen LogP contribution in [0.15, 0.2) is 36.7 Å². The highest BCUT2D eigenvalue weighted by atomic mass is 16.5. The lowest BCUT2D eigenvalue weighted by molar-refractivity contribution is -0.133. The van der Waals surface area contributed by atoms with Crippen molar-refractivity contribution in [2.45, 2.75) is 25.7 Å². The van der Waals surface area contributed by atoms with E-state index in [1.165, 1.54) is 0 Å². The molecule has 0 aliphatic carbocycles. The molecule has 0 spiro atoms. The third-order valence-electron chi connectivity index (χ3n) is 4.60. The predicted octanol–water partition coefficient (Wildman–Crippen LogP) is 2.43. The van der Waals surface area contributed by atoms with Gasteiger partial charge in [0.2, 0.25) is 11.9 Å². The van der Waals surface area contributed by atoms with E-state index in [1.807, 2.05) is 23.1 Å². The Kier molecular flexibility index (Phi) is 6.49. The van der Waals surface area contributed by atoms with Crippen molar-refractivity contribution in [1.29, 1.82) is 0 Å². The summed E-state index contributed by atoms with van der Waals surface area (Å²) in [6, 6.07) is 7.74. The molecule has 1 amide bonds. The minimum Gasteiger partial charge on any atom is -0.384 e. The van der Waals surface area contributed by atoms with Gasteiger partial charge in [-0.25, -0.2) is 15.0 Å². The van der Waals surface area contributed by atoms with Crippen LogP contribution in [0.3, 0.4) is 0 Å². The second-order valence-corrected chi connectivity index (χ2v) is 6.48. The minimum absolute atomic E-state index is 0.192. The van der Waals surface area contributed by atoms with Crippen molar-refractivity contribution in [2.75, 3.05) is 32.1 Å². The summed E-state index contributed by atoms with van der Waals surface area (Å²) in [7, 11) is 1.62. The molecule has 138 valence electrons. The number of hydrogen-bond donors (Lipinski definition) is 1. The number of aromatic nitrogens is 3. The Morgan fingerprint density at radius 2 is 2.00 bits per heavy atom. The van der Waals surface area contributed by atoms with Crippen molar-refractivity contribution in [2.24, 2.45) is 5.92 Å². The van der Waals surface area contributed by atoms with E-state index in [0.717, 1.165) is 43.9 Å². The number of nitrogens with one attached hydrogen (secondary N) is 1. The van der Waals surface area contributed by atoms with Crippen LogP contribution in [0.4, 0.5) is 11.8 Å². The van der Waals surface area contributed by atoms with E-state index in [2.05, 4.69) is 20.3 Å². The average molecular weight is 355 g/mol. The number of carbonyl (C=O) groups excluding carboxylic acids is 1. The SMILES string of the molecule is COCCC(=O)N1CCC(Cc2cccc(Nc3ncccn3)n2)CC1. The maximum Gasteiger partial charge on any atom is 0.228 e. The molecule has 1 N–H and O–H groups in total. The van der Waals surface area contributed by atoms with Gasteiger partial charge in [0.05, 0.1) is 13.0 Å². The van der Waals surface area contributed by atoms with Crippen LogP contribution in [0, 0.1) is 5.92 Å². The first-order chi connectivity index (χ1) is 12.7. The highest BCUT2D eigenvalue weighted by Crippen LogP contribution is 2.22. The first-order valence-electron chi connectivity index (χ1n) is 9.01. The Morgan fingerprint density at radius 1 is 1.23 bits per heavy atom. The molecule has 2 aromatic rings. The molecule has 7 nitrogen and oxygen atoms in total. The number of methoxy groups -OCH3 is 1. The molecule has 0 aromatic carbocycles. The fourth-order valence-corrected chi connectivity index (χ4v) is 3.17. The molecule has 0 unspecified atom stereocenters. The van der Waals surface area contributed by atoms with Gasteiger partial charge >= 0.3 is 0 Å². The lowest BCUT2D eigenvalue weighted by atomic mass is 9.92. The largest absolute Gasteiger partial charge is 0.384 e. The summed E-state index contributed by atoms with van der Waals surface area (Å²) in [6.07, 6.45) is 6.81. The maximum absolute atomic E-state index is 12.1. The Hall–Kier alpha value is -2.54. The van der Waals surface area contributed by atoms with Crippen molar-refractivity contribution in [3.05, 3.63) is 42.4 Å². The molecule has 1 aliphatic heterocycles. The summed E-state index contributed by atoms with van der Waals surface area (Å²) in [6.45, 7) is 2.14. The van der Waals surface area contributed by atoms with Crippen molar-refractivity contribution in [3.63, 3.8) is 0 Å². The van der Waals surface area contributed by atoms with Crippen LogP contribution in [0.5, 0.6) is 0 Å². The quantitative estimate of drug-likeness (QED) is 0.822. The molecule has 2 aromatic heterocycles. The van der Waals surface area contributed by atoms with Crippen molar-refractivity contribution >= 4 is 17.7 Å². The number of anilines is 2. The average Bonchev–Trinajstić information content (AvgIpc) is 2.68. The summed E-state index contributed by atoms with van der Waals surface area (Å²) < 4.78 is 4.99. The topological polar surface area (TPSA) is 80.2 Å². The highest BCUT2D eigenvalue weighted by Gasteiger charge is 2.23. The van der Waals surface area contributed by atoms with E-state index in [9.17, 15) is 4.79 Å². The van der Waals surface area contributed by atoms with Gasteiger partial charge in [-0.05, 0) is 43.4 Å². The Labute approximate surface area is 153 Å². The maximum atomic E-state index is 12.1. The van der Waals surface area contributed by atoms with E-state index in [4.69, 9.17) is 4.74 Å². The van der Waals surface area contributed by atoms with Gasteiger partial charge in [0.1, 0.15) is 5.82 Å². The van der Waals surface area contributed by atoms with Gasteiger partial charge in [-0.3, -0.25) is 4.79 Å². The molecule has 7 heteroatoms. The number of piperidine rings is 1. The van der Waals surface area contributed by atoms with Crippen LogP contribution in [0.25, 0.3) is 0 Å². The molecule has 0 radical (unpaired) electrons. The highest BCUT2D eigenvalue weighted by molar-refractivity contribution is 5.76. The normalized spacial score (nSPS) is 15.0. The molecule has 1 saturated heterocycles. The lowest BCUT2D eigenvalue weighted by Gasteiger charge is -2.32. The summed E-state index contributed by atoms with van der Waals surface area (Å²) in [5, 5.41) is 3.13. The van der Waals surface area contributed by atoms with Crippen molar-refractivity contribution in [3.8, 4) is 0 Å². The molecule has 1 aliphatic rings. The molecule has 3 rings (SSSR count). The van der Waals surface area contributed by atoms with E-state index < -0.39 is 0 Å². The minimum atomic E-state index is 0.192. The molecule has 0 atom stereocenters. The molecule has 0 bridgehead atoms. The van der Waals surface area contributed by atoms with Gasteiger partial charge in [-0.2, -0.15) is 0 Å². The van der Waals surface area contributed by atoms with Crippen LogP contribution >= 0.6 is 0 Å². The molecular weight excluding hydrogens is 330 g/mol. The van der Waals surface area contributed by atoms with E-state index in [0.29, 0.717) is 24.9 Å². The third kappa shape index (κ3) is 5.23. The molecule has 0 saturated carbocycles. The molecule has 1 fully saturated rings. The van der Waals surface area contributed by atoms with Gasteiger partial charge in [-0.15, -0.1) is 0 Å². The molecular formula is C19H25N5O2. The number of hydrogen-bond acceptors (Lipinski definition) is 6. The van der Waals surface area contributed by atoms with Crippen LogP contribution in [-0.2, 0) is 16.0 Å². The van der Waals surface area contributed by atoms with Crippen molar-refractivity contribution in [1.82, 2.24) is 19.9 Å². The smallest absolute Gasteiger partial charge is 0.228 e. The summed E-state index contributed by atoms with van der Waals surface area (Å²) in [5.41, 5.74) is 1.05. The van der Waals surface area contributed by atoms with Gasteiger partial charge in [0.25, 0.3) is 0 Å². The number of ether oxygens (including phenoxy) is 1. The Balaban J connectivity index is 1.51. The second-order valence-electron chi connectivity index (χ2n) is 6.48. The number of carbonyl (C=O) groups is 1. The number of nitrogens with zero attached hydrogens (tertiary/aromatic N) is 4. The van der Waals surface area contributed by atoms with Crippen LogP contribution in [0.1, 0.15) is 25.0 Å². The number of amides is 1. The monoisotopic (exact) mass is 355 g/mol. The first-order valence-corrected chi connectivity index (χ1v) is 9.01. The van der Waals surface area contributed by atoms with Crippen LogP contribution in [-0.4, -0.2) is 52.6 Å². The summed E-state index contributed by atoms with van der Waals surface area (Å²) in [4.78, 5) is 27.0. The predicted molar refractivity (Wildman–Crippen MR) is 99.1 cm³/mol. The zero-order chi connectivity index (χ0) is 18.2. The second kappa shape index (κ2) is 9.24. The van der Waals surface area contributed by atoms with E-state index >= 15 is 0 Å². The summed E-state index contributed by atoms with van der Waals surface area (Å²) >= 11 is 0. The van der Waals surface area contributed by atoms with E-state index in [1.54, 1.807) is 25.6 Å². The molecule has 26 heavy (non-hydrogen) atoms. The van der Waals surface area contributed by atoms with Crippen LogP contribution in [0.2, 0.25) is 0 Å². The zero-order valence-corrected chi connectivity index (χ0v) is 15.1.